The quantitative estimate of drug-likeness (QED) is 0.362. The summed E-state index contributed by atoms with van der Waals surface area (Å²) in [7, 11) is 0. The number of hydrogen-bond acceptors (Lipinski definition) is 4. The molecule has 0 amide bonds. The van der Waals surface area contributed by atoms with E-state index in [1.165, 1.54) is 18.2 Å². The summed E-state index contributed by atoms with van der Waals surface area (Å²) in [6.07, 6.45) is -0.584. The average Bonchev–Trinajstić information content (AvgIpc) is 2.32. The van der Waals surface area contributed by atoms with Gasteiger partial charge in [0, 0.05) is 5.56 Å². The summed E-state index contributed by atoms with van der Waals surface area (Å²) in [5, 5.41) is 0.284. The molecule has 4 nitrogen and oxygen atoms in total. The van der Waals surface area contributed by atoms with Crippen LogP contribution in [0.5, 0.6) is 0 Å². The Morgan fingerprint density at radius 1 is 1.22 bits per heavy atom. The third kappa shape index (κ3) is 3.55. The molecule has 0 saturated carbocycles. The summed E-state index contributed by atoms with van der Waals surface area (Å²) in [6.45, 7) is 1.65. The fraction of sp³-hybridized carbons (Fsp3) is 0.250. The van der Waals surface area contributed by atoms with Crippen LogP contribution in [0.4, 0.5) is 0 Å². The standard InChI is InChI=1S/C12H10Cl2O4/c1-2-18-12(17)10(16)6-9(15)7-4-3-5-8(13)11(7)14/h3-5H,2,6H2,1H3. The zero-order valence-electron chi connectivity index (χ0n) is 9.54. The lowest BCUT2D eigenvalue weighted by molar-refractivity contribution is -0.153. The fourth-order valence-corrected chi connectivity index (χ4v) is 1.65. The molecule has 1 aromatic rings. The maximum Gasteiger partial charge on any atom is 0.375 e. The number of benzene rings is 1. The molecule has 0 aliphatic heterocycles. The highest BCUT2D eigenvalue weighted by Crippen LogP contribution is 2.26. The molecule has 0 heterocycles. The van der Waals surface area contributed by atoms with Crippen LogP contribution in [0.15, 0.2) is 18.2 Å². The Morgan fingerprint density at radius 2 is 1.89 bits per heavy atom. The molecule has 0 aliphatic rings. The Morgan fingerprint density at radius 3 is 2.50 bits per heavy atom. The lowest BCUT2D eigenvalue weighted by Gasteiger charge is -2.04. The second-order valence-corrected chi connectivity index (χ2v) is 4.13. The van der Waals surface area contributed by atoms with Crippen molar-refractivity contribution in [2.75, 3.05) is 6.61 Å². The van der Waals surface area contributed by atoms with E-state index in [9.17, 15) is 14.4 Å². The Hall–Kier alpha value is -1.39. The molecule has 1 aromatic carbocycles. The molecule has 0 fully saturated rings. The van der Waals surface area contributed by atoms with E-state index >= 15 is 0 Å². The van der Waals surface area contributed by atoms with Crippen molar-refractivity contribution in [3.8, 4) is 0 Å². The second-order valence-electron chi connectivity index (χ2n) is 3.34. The number of rotatable bonds is 5. The Balaban J connectivity index is 2.80. The highest BCUT2D eigenvalue weighted by atomic mass is 35.5. The van der Waals surface area contributed by atoms with E-state index in [1.807, 2.05) is 0 Å². The third-order valence-corrected chi connectivity index (χ3v) is 2.90. The van der Waals surface area contributed by atoms with E-state index in [2.05, 4.69) is 4.74 Å². The van der Waals surface area contributed by atoms with E-state index in [1.54, 1.807) is 6.92 Å². The number of ether oxygens (including phenoxy) is 1. The minimum absolute atomic E-state index is 0.0702. The van der Waals surface area contributed by atoms with Crippen LogP contribution in [0.1, 0.15) is 23.7 Å². The van der Waals surface area contributed by atoms with Crippen molar-refractivity contribution >= 4 is 40.7 Å². The van der Waals surface area contributed by atoms with Crippen LogP contribution in [0, 0.1) is 0 Å². The number of hydrogen-bond donors (Lipinski definition) is 0. The molecular weight excluding hydrogens is 279 g/mol. The summed E-state index contributed by atoms with van der Waals surface area (Å²) in [6, 6.07) is 4.50. The van der Waals surface area contributed by atoms with E-state index < -0.39 is 24.0 Å². The Kier molecular flexibility index (Phi) is 5.31. The number of carbonyl (C=O) groups is 3. The van der Waals surface area contributed by atoms with Crippen LogP contribution >= 0.6 is 23.2 Å². The molecule has 0 saturated heterocycles. The lowest BCUT2D eigenvalue weighted by Crippen LogP contribution is -2.20. The number of ketones is 2. The monoisotopic (exact) mass is 288 g/mol. The normalized spacial score (nSPS) is 9.94. The maximum atomic E-state index is 11.8. The molecule has 0 bridgehead atoms. The number of Topliss-reactive ketones (excluding diaryl/α,β-unsaturated/α-hetero) is 2. The fourth-order valence-electron chi connectivity index (χ4n) is 1.24. The first-order chi connectivity index (χ1) is 8.47. The van der Waals surface area contributed by atoms with Crippen molar-refractivity contribution in [2.24, 2.45) is 0 Å². The van der Waals surface area contributed by atoms with Gasteiger partial charge in [0.15, 0.2) is 5.78 Å². The van der Waals surface area contributed by atoms with Gasteiger partial charge in [-0.1, -0.05) is 29.3 Å². The number of halogens is 2. The van der Waals surface area contributed by atoms with Crippen LogP contribution in [-0.2, 0) is 14.3 Å². The first kappa shape index (κ1) is 14.7. The van der Waals surface area contributed by atoms with Crippen LogP contribution < -0.4 is 0 Å². The predicted molar refractivity (Wildman–Crippen MR) is 67.0 cm³/mol. The van der Waals surface area contributed by atoms with Gasteiger partial charge in [0.05, 0.1) is 23.1 Å². The molecule has 0 aromatic heterocycles. The summed E-state index contributed by atoms with van der Waals surface area (Å²) < 4.78 is 4.49. The van der Waals surface area contributed by atoms with Gasteiger partial charge in [0.2, 0.25) is 5.78 Å². The van der Waals surface area contributed by atoms with Crippen molar-refractivity contribution in [2.45, 2.75) is 13.3 Å². The van der Waals surface area contributed by atoms with Crippen LogP contribution in [0.3, 0.4) is 0 Å². The molecule has 0 aliphatic carbocycles. The van der Waals surface area contributed by atoms with Gasteiger partial charge in [-0.05, 0) is 19.1 Å². The maximum absolute atomic E-state index is 11.8. The smallest absolute Gasteiger partial charge is 0.375 e. The number of carbonyl (C=O) groups excluding carboxylic acids is 3. The van der Waals surface area contributed by atoms with Gasteiger partial charge >= 0.3 is 5.97 Å². The van der Waals surface area contributed by atoms with Crippen molar-refractivity contribution in [1.29, 1.82) is 0 Å². The molecule has 18 heavy (non-hydrogen) atoms. The van der Waals surface area contributed by atoms with Gasteiger partial charge in [-0.25, -0.2) is 4.79 Å². The largest absolute Gasteiger partial charge is 0.460 e. The average molecular weight is 289 g/mol. The summed E-state index contributed by atoms with van der Waals surface area (Å²) >= 11 is 11.6. The molecule has 0 atom stereocenters. The minimum Gasteiger partial charge on any atom is -0.460 e. The van der Waals surface area contributed by atoms with E-state index in [0.717, 1.165) is 0 Å². The van der Waals surface area contributed by atoms with Crippen molar-refractivity contribution in [3.63, 3.8) is 0 Å². The molecule has 6 heteroatoms. The van der Waals surface area contributed by atoms with E-state index in [-0.39, 0.29) is 22.2 Å². The summed E-state index contributed by atoms with van der Waals surface area (Å²) in [5.74, 6) is -2.50. The molecule has 0 N–H and O–H groups in total. The minimum atomic E-state index is -1.02. The first-order valence-electron chi connectivity index (χ1n) is 5.14. The highest BCUT2D eigenvalue weighted by Gasteiger charge is 2.21. The second kappa shape index (κ2) is 6.52. The van der Waals surface area contributed by atoms with Crippen molar-refractivity contribution in [1.82, 2.24) is 0 Å². The van der Waals surface area contributed by atoms with E-state index in [4.69, 9.17) is 23.2 Å². The van der Waals surface area contributed by atoms with E-state index in [0.29, 0.717) is 0 Å². The van der Waals surface area contributed by atoms with Crippen molar-refractivity contribution in [3.05, 3.63) is 33.8 Å². The van der Waals surface area contributed by atoms with Crippen LogP contribution in [-0.4, -0.2) is 24.1 Å². The zero-order valence-corrected chi connectivity index (χ0v) is 11.0. The summed E-state index contributed by atoms with van der Waals surface area (Å²) in [4.78, 5) is 34.2. The van der Waals surface area contributed by atoms with Gasteiger partial charge < -0.3 is 4.74 Å². The molecule has 0 spiro atoms. The Labute approximate surface area is 114 Å². The highest BCUT2D eigenvalue weighted by molar-refractivity contribution is 6.45. The first-order valence-corrected chi connectivity index (χ1v) is 5.90. The van der Waals surface area contributed by atoms with Gasteiger partial charge in [-0.15, -0.1) is 0 Å². The van der Waals surface area contributed by atoms with Gasteiger partial charge in [-0.2, -0.15) is 0 Å². The van der Waals surface area contributed by atoms with Gasteiger partial charge in [-0.3, -0.25) is 9.59 Å². The zero-order chi connectivity index (χ0) is 13.7. The third-order valence-electron chi connectivity index (χ3n) is 2.08. The SMILES string of the molecule is CCOC(=O)C(=O)CC(=O)c1cccc(Cl)c1Cl. The molecule has 96 valence electrons. The predicted octanol–water partition coefficient (Wildman–Crippen LogP) is 2.70. The molecule has 1 rings (SSSR count). The Bertz CT molecular complexity index is 497. The van der Waals surface area contributed by atoms with Gasteiger partial charge in [0.25, 0.3) is 0 Å². The lowest BCUT2D eigenvalue weighted by atomic mass is 10.1. The van der Waals surface area contributed by atoms with Gasteiger partial charge in [0.1, 0.15) is 0 Å². The molecule has 0 radical (unpaired) electrons. The van der Waals surface area contributed by atoms with Crippen LogP contribution in [0.25, 0.3) is 0 Å². The van der Waals surface area contributed by atoms with Crippen LogP contribution in [0.2, 0.25) is 10.0 Å². The summed E-state index contributed by atoms with van der Waals surface area (Å²) in [5.41, 5.74) is 0.113. The van der Waals surface area contributed by atoms with Crippen molar-refractivity contribution < 1.29 is 19.1 Å². The topological polar surface area (TPSA) is 60.4 Å². The number of esters is 1. The molecule has 0 unspecified atom stereocenters. The molecular formula is C12H10Cl2O4.